The lowest BCUT2D eigenvalue weighted by Crippen LogP contribution is -2.39. The van der Waals surface area contributed by atoms with Crippen molar-refractivity contribution in [3.63, 3.8) is 0 Å². The summed E-state index contributed by atoms with van der Waals surface area (Å²) in [4.78, 5) is 11.4. The molecular weight excluding hydrogens is 266 g/mol. The molecule has 0 aliphatic rings. The highest BCUT2D eigenvalue weighted by Crippen LogP contribution is 2.10. The third-order valence-corrected chi connectivity index (χ3v) is 3.86. The minimum Gasteiger partial charge on any atom is -0.465 e. The van der Waals surface area contributed by atoms with Crippen molar-refractivity contribution in [3.8, 4) is 12.3 Å². The van der Waals surface area contributed by atoms with E-state index in [-0.39, 0.29) is 11.5 Å². The molecule has 1 N–H and O–H groups in total. The molecule has 0 unspecified atom stereocenters. The summed E-state index contributed by atoms with van der Waals surface area (Å²) in [5.74, 6) is 1.77. The van der Waals surface area contributed by atoms with Crippen LogP contribution in [0.15, 0.2) is 29.2 Å². The molecule has 1 aromatic carbocycles. The molecule has 0 saturated carbocycles. The Balaban J connectivity index is 2.86. The fraction of sp³-hybridized carbons (Fsp3) is 0.308. The quantitative estimate of drug-likeness (QED) is 0.643. The number of esters is 1. The molecule has 6 heteroatoms. The van der Waals surface area contributed by atoms with Crippen LogP contribution in [0.5, 0.6) is 0 Å². The highest BCUT2D eigenvalue weighted by atomic mass is 32.2. The monoisotopic (exact) mass is 281 g/mol. The van der Waals surface area contributed by atoms with Gasteiger partial charge >= 0.3 is 5.97 Å². The van der Waals surface area contributed by atoms with Gasteiger partial charge in [0.25, 0.3) is 0 Å². The molecule has 0 bridgehead atoms. The van der Waals surface area contributed by atoms with Gasteiger partial charge < -0.3 is 4.74 Å². The Bertz CT molecular complexity index is 584. The zero-order valence-electron chi connectivity index (χ0n) is 10.7. The molecule has 19 heavy (non-hydrogen) atoms. The number of hydrogen-bond acceptors (Lipinski definition) is 4. The Kier molecular flexibility index (Phi) is 5.10. The predicted molar refractivity (Wildman–Crippen MR) is 70.8 cm³/mol. The molecule has 0 radical (unpaired) electrons. The van der Waals surface area contributed by atoms with E-state index in [9.17, 15) is 13.2 Å². The number of hydrogen-bond donors (Lipinski definition) is 1. The molecule has 0 heterocycles. The third kappa shape index (κ3) is 4.09. The maximum atomic E-state index is 12.0. The third-order valence-electron chi connectivity index (χ3n) is 2.30. The number of nitrogens with one attached hydrogen (secondary N) is 1. The fourth-order valence-electron chi connectivity index (χ4n) is 1.35. The van der Waals surface area contributed by atoms with Gasteiger partial charge in [0.1, 0.15) is 6.04 Å². The summed E-state index contributed by atoms with van der Waals surface area (Å²) in [5, 5.41) is 0. The summed E-state index contributed by atoms with van der Waals surface area (Å²) in [6, 6.07) is 4.86. The van der Waals surface area contributed by atoms with Crippen molar-refractivity contribution in [1.82, 2.24) is 4.72 Å². The molecule has 1 atom stereocenters. The van der Waals surface area contributed by atoms with Gasteiger partial charge in [0.2, 0.25) is 10.0 Å². The van der Waals surface area contributed by atoms with E-state index in [1.165, 1.54) is 31.2 Å². The van der Waals surface area contributed by atoms with Crippen molar-refractivity contribution in [2.75, 3.05) is 6.61 Å². The molecular formula is C13H15NO4S. The molecule has 5 nitrogen and oxygen atoms in total. The zero-order chi connectivity index (χ0) is 14.5. The van der Waals surface area contributed by atoms with Gasteiger partial charge in [0, 0.05) is 5.56 Å². The standard InChI is InChI=1S/C13H15NO4S/c1-4-11-6-8-12(9-7-11)19(16,17)14-10(3)13(15)18-5-2/h1,6-10,14H,5H2,2-3H3/t10-/m0/s1. The normalized spacial score (nSPS) is 12.5. The molecule has 1 aromatic rings. The van der Waals surface area contributed by atoms with Gasteiger partial charge in [-0.1, -0.05) is 5.92 Å². The Morgan fingerprint density at radius 3 is 2.47 bits per heavy atom. The molecule has 1 rings (SSSR count). The first-order chi connectivity index (χ1) is 8.90. The molecule has 0 spiro atoms. The van der Waals surface area contributed by atoms with Gasteiger partial charge in [-0.15, -0.1) is 6.42 Å². The van der Waals surface area contributed by atoms with E-state index in [0.29, 0.717) is 5.56 Å². The van der Waals surface area contributed by atoms with Crippen LogP contribution in [-0.2, 0) is 19.6 Å². The molecule has 102 valence electrons. The predicted octanol–water partition coefficient (Wildman–Crippen LogP) is 0.898. The Morgan fingerprint density at radius 1 is 1.42 bits per heavy atom. The summed E-state index contributed by atoms with van der Waals surface area (Å²) in [6.07, 6.45) is 5.19. The fourth-order valence-corrected chi connectivity index (χ4v) is 2.54. The van der Waals surface area contributed by atoms with Gasteiger partial charge in [-0.2, -0.15) is 4.72 Å². The van der Waals surface area contributed by atoms with E-state index in [0.717, 1.165) is 0 Å². The van der Waals surface area contributed by atoms with Crippen molar-refractivity contribution < 1.29 is 17.9 Å². The summed E-state index contributed by atoms with van der Waals surface area (Å²) >= 11 is 0. The molecule has 0 fully saturated rings. The number of terminal acetylenes is 1. The van der Waals surface area contributed by atoms with Gasteiger partial charge in [-0.05, 0) is 38.1 Å². The number of benzene rings is 1. The summed E-state index contributed by atoms with van der Waals surface area (Å²) in [7, 11) is -3.77. The molecule has 0 amide bonds. The van der Waals surface area contributed by atoms with Crippen LogP contribution < -0.4 is 4.72 Å². The number of carbonyl (C=O) groups is 1. The van der Waals surface area contributed by atoms with Gasteiger partial charge in [-0.25, -0.2) is 8.42 Å². The summed E-state index contributed by atoms with van der Waals surface area (Å²) in [6.45, 7) is 3.27. The van der Waals surface area contributed by atoms with Crippen molar-refractivity contribution in [2.45, 2.75) is 24.8 Å². The molecule has 0 aromatic heterocycles. The van der Waals surface area contributed by atoms with E-state index in [2.05, 4.69) is 10.6 Å². The second kappa shape index (κ2) is 6.36. The summed E-state index contributed by atoms with van der Waals surface area (Å²) in [5.41, 5.74) is 0.581. The lowest BCUT2D eigenvalue weighted by Gasteiger charge is -2.13. The van der Waals surface area contributed by atoms with Crippen LogP contribution in [0.2, 0.25) is 0 Å². The van der Waals surface area contributed by atoms with Crippen molar-refractivity contribution >= 4 is 16.0 Å². The van der Waals surface area contributed by atoms with Gasteiger partial charge in [0.05, 0.1) is 11.5 Å². The van der Waals surface area contributed by atoms with E-state index in [4.69, 9.17) is 11.2 Å². The van der Waals surface area contributed by atoms with Gasteiger partial charge in [-0.3, -0.25) is 4.79 Å². The minimum atomic E-state index is -3.77. The average Bonchev–Trinajstić information content (AvgIpc) is 2.38. The lowest BCUT2D eigenvalue weighted by atomic mass is 10.2. The van der Waals surface area contributed by atoms with Crippen LogP contribution in [-0.4, -0.2) is 27.0 Å². The number of rotatable bonds is 5. The molecule has 0 aliphatic carbocycles. The zero-order valence-corrected chi connectivity index (χ0v) is 11.5. The summed E-state index contributed by atoms with van der Waals surface area (Å²) < 4.78 is 30.9. The van der Waals surface area contributed by atoms with Crippen LogP contribution in [0, 0.1) is 12.3 Å². The van der Waals surface area contributed by atoms with Gasteiger partial charge in [0.15, 0.2) is 0 Å². The van der Waals surface area contributed by atoms with Crippen molar-refractivity contribution in [3.05, 3.63) is 29.8 Å². The highest BCUT2D eigenvalue weighted by molar-refractivity contribution is 7.89. The SMILES string of the molecule is C#Cc1ccc(S(=O)(=O)N[C@@H](C)C(=O)OCC)cc1. The van der Waals surface area contributed by atoms with E-state index in [1.807, 2.05) is 0 Å². The highest BCUT2D eigenvalue weighted by Gasteiger charge is 2.22. The van der Waals surface area contributed by atoms with E-state index >= 15 is 0 Å². The maximum absolute atomic E-state index is 12.0. The Hall–Kier alpha value is -1.84. The van der Waals surface area contributed by atoms with Crippen LogP contribution in [0.3, 0.4) is 0 Å². The first-order valence-corrected chi connectivity index (χ1v) is 7.14. The number of sulfonamides is 1. The van der Waals surface area contributed by atoms with Crippen molar-refractivity contribution in [2.24, 2.45) is 0 Å². The number of carbonyl (C=O) groups excluding carboxylic acids is 1. The average molecular weight is 281 g/mol. The molecule has 0 saturated heterocycles. The number of ether oxygens (including phenoxy) is 1. The van der Waals surface area contributed by atoms with E-state index in [1.54, 1.807) is 6.92 Å². The largest absolute Gasteiger partial charge is 0.465 e. The minimum absolute atomic E-state index is 0.0441. The van der Waals surface area contributed by atoms with Crippen LogP contribution in [0.4, 0.5) is 0 Å². The first-order valence-electron chi connectivity index (χ1n) is 5.66. The second-order valence-corrected chi connectivity index (χ2v) is 5.48. The lowest BCUT2D eigenvalue weighted by molar-refractivity contribution is -0.144. The van der Waals surface area contributed by atoms with Crippen LogP contribution in [0.25, 0.3) is 0 Å². The van der Waals surface area contributed by atoms with Crippen LogP contribution in [0.1, 0.15) is 19.4 Å². The van der Waals surface area contributed by atoms with Crippen LogP contribution >= 0.6 is 0 Å². The molecule has 0 aliphatic heterocycles. The maximum Gasteiger partial charge on any atom is 0.323 e. The first kappa shape index (κ1) is 15.2. The second-order valence-electron chi connectivity index (χ2n) is 3.76. The Labute approximate surface area is 113 Å². The topological polar surface area (TPSA) is 72.5 Å². The Morgan fingerprint density at radius 2 is 2.00 bits per heavy atom. The smallest absolute Gasteiger partial charge is 0.323 e. The van der Waals surface area contributed by atoms with Crippen molar-refractivity contribution in [1.29, 1.82) is 0 Å². The van der Waals surface area contributed by atoms with E-state index < -0.39 is 22.0 Å².